The van der Waals surface area contributed by atoms with Crippen molar-refractivity contribution in [3.05, 3.63) is 59.1 Å². The third kappa shape index (κ3) is 3.13. The molecule has 1 saturated heterocycles. The molecule has 0 atom stereocenters. The Kier molecular flexibility index (Phi) is 4.30. The van der Waals surface area contributed by atoms with Crippen molar-refractivity contribution in [3.63, 3.8) is 0 Å². The highest BCUT2D eigenvalue weighted by atomic mass is 32.1. The molecule has 1 fully saturated rings. The molecule has 1 aliphatic rings. The van der Waals surface area contributed by atoms with E-state index in [-0.39, 0.29) is 11.9 Å². The lowest BCUT2D eigenvalue weighted by atomic mass is 10.1. The Bertz CT molecular complexity index is 934. The van der Waals surface area contributed by atoms with Crippen molar-refractivity contribution in [2.45, 2.75) is 6.54 Å². The fraction of sp³-hybridized carbons (Fsp3) is 0.211. The Labute approximate surface area is 155 Å². The lowest BCUT2D eigenvalue weighted by molar-refractivity contribution is 0.0785. The lowest BCUT2D eigenvalue weighted by Crippen LogP contribution is -2.28. The molecule has 0 aliphatic carbocycles. The molecule has 3 aromatic rings. The van der Waals surface area contributed by atoms with Crippen molar-refractivity contribution in [3.8, 4) is 0 Å². The molecule has 1 aromatic heterocycles. The number of urea groups is 1. The third-order valence-electron chi connectivity index (χ3n) is 4.34. The first-order valence-corrected chi connectivity index (χ1v) is 9.19. The van der Waals surface area contributed by atoms with Crippen LogP contribution in [0.3, 0.4) is 0 Å². The van der Waals surface area contributed by atoms with Crippen LogP contribution in [0.25, 0.3) is 10.2 Å². The number of aromatic nitrogens is 1. The highest BCUT2D eigenvalue weighted by molar-refractivity contribution is 7.18. The number of hydrogen-bond acceptors (Lipinski definition) is 4. The third-order valence-corrected chi connectivity index (χ3v) is 5.36. The molecule has 1 N–H and O–H groups in total. The fourth-order valence-electron chi connectivity index (χ4n) is 2.98. The van der Waals surface area contributed by atoms with Gasteiger partial charge in [0, 0.05) is 31.4 Å². The minimum absolute atomic E-state index is 0.0679. The Morgan fingerprint density at radius 3 is 2.69 bits per heavy atom. The van der Waals surface area contributed by atoms with Gasteiger partial charge in [0.1, 0.15) is 5.01 Å². The number of benzene rings is 2. The topological polar surface area (TPSA) is 65.5 Å². The van der Waals surface area contributed by atoms with Crippen LogP contribution in [0.5, 0.6) is 0 Å². The second-order valence-corrected chi connectivity index (χ2v) is 7.28. The zero-order chi connectivity index (χ0) is 18.1. The summed E-state index contributed by atoms with van der Waals surface area (Å²) in [5.41, 5.74) is 2.35. The van der Waals surface area contributed by atoms with E-state index in [0.29, 0.717) is 25.2 Å². The van der Waals surface area contributed by atoms with Crippen LogP contribution in [0.1, 0.15) is 15.4 Å². The summed E-state index contributed by atoms with van der Waals surface area (Å²) < 4.78 is 1.12. The Hall–Kier alpha value is -2.93. The maximum atomic E-state index is 12.7. The molecule has 0 radical (unpaired) electrons. The summed E-state index contributed by atoms with van der Waals surface area (Å²) in [6.07, 6.45) is 0. The number of amides is 3. The van der Waals surface area contributed by atoms with Crippen LogP contribution in [-0.2, 0) is 6.54 Å². The smallest absolute Gasteiger partial charge is 0.321 e. The first kappa shape index (κ1) is 16.5. The van der Waals surface area contributed by atoms with Gasteiger partial charge in [0.2, 0.25) is 0 Å². The molecule has 7 heteroatoms. The second kappa shape index (κ2) is 6.76. The summed E-state index contributed by atoms with van der Waals surface area (Å²) >= 11 is 1.60. The molecule has 132 valence electrons. The average Bonchev–Trinajstić information content (AvgIpc) is 3.26. The van der Waals surface area contributed by atoms with Gasteiger partial charge >= 0.3 is 6.03 Å². The molecule has 0 unspecified atom stereocenters. The second-order valence-electron chi connectivity index (χ2n) is 6.17. The number of carbonyl (C=O) groups is 2. The maximum Gasteiger partial charge on any atom is 0.321 e. The van der Waals surface area contributed by atoms with E-state index in [1.54, 1.807) is 40.3 Å². The monoisotopic (exact) mass is 366 g/mol. The van der Waals surface area contributed by atoms with Gasteiger partial charge in [-0.15, -0.1) is 11.3 Å². The summed E-state index contributed by atoms with van der Waals surface area (Å²) in [5, 5.41) is 3.68. The SMILES string of the molecule is CN(Cc1nc2ccccc2s1)C(=O)c1ccc(N2CCNC2=O)cc1. The highest BCUT2D eigenvalue weighted by Crippen LogP contribution is 2.23. The molecule has 0 spiro atoms. The van der Waals surface area contributed by atoms with E-state index in [2.05, 4.69) is 10.3 Å². The summed E-state index contributed by atoms with van der Waals surface area (Å²) in [6.45, 7) is 1.75. The van der Waals surface area contributed by atoms with Gasteiger partial charge in [-0.1, -0.05) is 12.1 Å². The first-order chi connectivity index (χ1) is 12.6. The number of nitrogens with zero attached hydrogens (tertiary/aromatic N) is 3. The van der Waals surface area contributed by atoms with E-state index in [4.69, 9.17) is 0 Å². The molecule has 1 aliphatic heterocycles. The van der Waals surface area contributed by atoms with Crippen LogP contribution < -0.4 is 10.2 Å². The largest absolute Gasteiger partial charge is 0.336 e. The molecule has 0 saturated carbocycles. The van der Waals surface area contributed by atoms with E-state index in [1.165, 1.54) is 0 Å². The minimum atomic E-state index is -0.1000. The van der Waals surface area contributed by atoms with Crippen LogP contribution in [-0.4, -0.2) is 42.0 Å². The molecule has 0 bridgehead atoms. The van der Waals surface area contributed by atoms with Crippen molar-refractivity contribution in [1.29, 1.82) is 0 Å². The maximum absolute atomic E-state index is 12.7. The Morgan fingerprint density at radius 1 is 1.23 bits per heavy atom. The van der Waals surface area contributed by atoms with Gasteiger partial charge in [-0.3, -0.25) is 9.69 Å². The van der Waals surface area contributed by atoms with Gasteiger partial charge in [-0.2, -0.15) is 0 Å². The van der Waals surface area contributed by atoms with Gasteiger partial charge in [0.15, 0.2) is 0 Å². The molecule has 3 amide bonds. The molecule has 4 rings (SSSR count). The lowest BCUT2D eigenvalue weighted by Gasteiger charge is -2.17. The molecule has 26 heavy (non-hydrogen) atoms. The first-order valence-electron chi connectivity index (χ1n) is 8.37. The van der Waals surface area contributed by atoms with Gasteiger partial charge in [0.05, 0.1) is 16.8 Å². The molecular weight excluding hydrogens is 348 g/mol. The van der Waals surface area contributed by atoms with E-state index in [0.717, 1.165) is 20.9 Å². The van der Waals surface area contributed by atoms with Crippen LogP contribution >= 0.6 is 11.3 Å². The normalized spacial score (nSPS) is 13.9. The summed E-state index contributed by atoms with van der Waals surface area (Å²) in [6, 6.07) is 15.0. The van der Waals surface area contributed by atoms with Crippen LogP contribution in [0.2, 0.25) is 0 Å². The minimum Gasteiger partial charge on any atom is -0.336 e. The van der Waals surface area contributed by atoms with E-state index >= 15 is 0 Å². The van der Waals surface area contributed by atoms with Crippen molar-refractivity contribution in [1.82, 2.24) is 15.2 Å². The molecule has 2 heterocycles. The number of nitrogens with one attached hydrogen (secondary N) is 1. The summed E-state index contributed by atoms with van der Waals surface area (Å²) in [4.78, 5) is 32.3. The Morgan fingerprint density at radius 2 is 2.00 bits per heavy atom. The number of para-hydroxylation sites is 1. The van der Waals surface area contributed by atoms with Crippen molar-refractivity contribution in [2.24, 2.45) is 0 Å². The van der Waals surface area contributed by atoms with Crippen LogP contribution in [0.4, 0.5) is 10.5 Å². The zero-order valence-electron chi connectivity index (χ0n) is 14.3. The van der Waals surface area contributed by atoms with Crippen LogP contribution in [0.15, 0.2) is 48.5 Å². The highest BCUT2D eigenvalue weighted by Gasteiger charge is 2.21. The zero-order valence-corrected chi connectivity index (χ0v) is 15.1. The molecular formula is C19H18N4O2S. The number of carbonyl (C=O) groups excluding carboxylic acids is 2. The molecule has 2 aromatic carbocycles. The predicted octanol–water partition coefficient (Wildman–Crippen LogP) is 3.10. The average molecular weight is 366 g/mol. The van der Waals surface area contributed by atoms with Gasteiger partial charge in [0.25, 0.3) is 5.91 Å². The van der Waals surface area contributed by atoms with E-state index in [1.807, 2.05) is 36.4 Å². The van der Waals surface area contributed by atoms with Gasteiger partial charge in [-0.25, -0.2) is 9.78 Å². The van der Waals surface area contributed by atoms with Crippen LogP contribution in [0, 0.1) is 0 Å². The summed E-state index contributed by atoms with van der Waals surface area (Å²) in [5.74, 6) is -0.0679. The number of rotatable bonds is 4. The Balaban J connectivity index is 1.46. The summed E-state index contributed by atoms with van der Waals surface area (Å²) in [7, 11) is 1.77. The van der Waals surface area contributed by atoms with Crippen molar-refractivity contribution in [2.75, 3.05) is 25.0 Å². The molecule has 6 nitrogen and oxygen atoms in total. The standard InChI is InChI=1S/C19H18N4O2S/c1-22(12-17-21-15-4-2-3-5-16(15)26-17)18(24)13-6-8-14(9-7-13)23-11-10-20-19(23)25/h2-9H,10-12H2,1H3,(H,20,25). The van der Waals surface area contributed by atoms with Crippen molar-refractivity contribution < 1.29 is 9.59 Å². The van der Waals surface area contributed by atoms with Gasteiger partial charge in [-0.05, 0) is 36.4 Å². The fourth-order valence-corrected chi connectivity index (χ4v) is 4.01. The van der Waals surface area contributed by atoms with E-state index in [9.17, 15) is 9.59 Å². The van der Waals surface area contributed by atoms with Crippen molar-refractivity contribution >= 4 is 39.2 Å². The number of thiazole rings is 1. The number of anilines is 1. The number of hydrogen-bond donors (Lipinski definition) is 1. The quantitative estimate of drug-likeness (QED) is 0.772. The predicted molar refractivity (Wildman–Crippen MR) is 103 cm³/mol. The van der Waals surface area contributed by atoms with E-state index < -0.39 is 0 Å². The number of fused-ring (bicyclic) bond motifs is 1. The van der Waals surface area contributed by atoms with Gasteiger partial charge < -0.3 is 10.2 Å².